The summed E-state index contributed by atoms with van der Waals surface area (Å²) < 4.78 is 47.7. The molecular formula is C34H35FN2O5S2. The van der Waals surface area contributed by atoms with Crippen molar-refractivity contribution in [1.29, 1.82) is 0 Å². The SMILES string of the molecule is COc1cc(C(=O)O)c(F)cc1NS(=O)(=O)c1csc(-c2ccc(-c3ccc(C4(C)CC5CC(C)CC(C5)C4)cc3)cc2)n1. The number of aromatic nitrogens is 1. The van der Waals surface area contributed by atoms with Crippen molar-refractivity contribution in [3.05, 3.63) is 83.0 Å². The van der Waals surface area contributed by atoms with Gasteiger partial charge in [-0.1, -0.05) is 62.4 Å². The van der Waals surface area contributed by atoms with E-state index in [1.807, 2.05) is 24.3 Å². The van der Waals surface area contributed by atoms with E-state index in [1.165, 1.54) is 61.5 Å². The molecule has 6 rings (SSSR count). The van der Waals surface area contributed by atoms with E-state index in [0.29, 0.717) is 5.01 Å². The van der Waals surface area contributed by atoms with E-state index in [1.54, 1.807) is 0 Å². The first-order valence-corrected chi connectivity index (χ1v) is 17.1. The Kier molecular flexibility index (Phi) is 8.00. The first-order chi connectivity index (χ1) is 20.9. The van der Waals surface area contributed by atoms with Gasteiger partial charge in [-0.05, 0) is 78.0 Å². The highest BCUT2D eigenvalue weighted by atomic mass is 32.2. The fourth-order valence-electron chi connectivity index (χ4n) is 7.37. The smallest absolute Gasteiger partial charge is 0.338 e. The van der Waals surface area contributed by atoms with Crippen LogP contribution in [0.1, 0.15) is 61.9 Å². The Balaban J connectivity index is 1.16. The van der Waals surface area contributed by atoms with Crippen LogP contribution in [0.3, 0.4) is 0 Å². The number of anilines is 1. The number of nitrogens with one attached hydrogen (secondary N) is 1. The number of benzene rings is 3. The summed E-state index contributed by atoms with van der Waals surface area (Å²) in [6, 6.07) is 18.5. The second kappa shape index (κ2) is 11.6. The lowest BCUT2D eigenvalue weighted by molar-refractivity contribution is 0.0691. The molecule has 0 radical (unpaired) electrons. The van der Waals surface area contributed by atoms with Gasteiger partial charge in [0.2, 0.25) is 0 Å². The van der Waals surface area contributed by atoms with Crippen LogP contribution in [0.25, 0.3) is 21.7 Å². The van der Waals surface area contributed by atoms with Crippen LogP contribution < -0.4 is 9.46 Å². The summed E-state index contributed by atoms with van der Waals surface area (Å²) in [6.45, 7) is 4.84. The minimum absolute atomic E-state index is 0.128. The molecule has 2 aliphatic rings. The highest BCUT2D eigenvalue weighted by molar-refractivity contribution is 7.92. The molecule has 2 saturated carbocycles. The van der Waals surface area contributed by atoms with Crippen LogP contribution in [0, 0.1) is 23.6 Å². The van der Waals surface area contributed by atoms with E-state index < -0.39 is 27.4 Å². The number of halogens is 1. The van der Waals surface area contributed by atoms with Crippen molar-refractivity contribution >= 4 is 33.0 Å². The number of carboxylic acids is 1. The number of hydrogen-bond acceptors (Lipinski definition) is 6. The van der Waals surface area contributed by atoms with Gasteiger partial charge in [0.1, 0.15) is 16.6 Å². The summed E-state index contributed by atoms with van der Waals surface area (Å²) in [4.78, 5) is 15.5. The van der Waals surface area contributed by atoms with Gasteiger partial charge in [0.05, 0.1) is 18.4 Å². The minimum Gasteiger partial charge on any atom is -0.495 e. The van der Waals surface area contributed by atoms with Crippen molar-refractivity contribution in [2.45, 2.75) is 56.4 Å². The Morgan fingerprint density at radius 2 is 1.59 bits per heavy atom. The van der Waals surface area contributed by atoms with Crippen molar-refractivity contribution < 1.29 is 27.4 Å². The maximum atomic E-state index is 14.3. The molecule has 230 valence electrons. The van der Waals surface area contributed by atoms with Crippen LogP contribution in [0.2, 0.25) is 0 Å². The zero-order chi connectivity index (χ0) is 31.2. The van der Waals surface area contributed by atoms with Gasteiger partial charge in [-0.2, -0.15) is 8.42 Å². The van der Waals surface area contributed by atoms with E-state index in [4.69, 9.17) is 9.84 Å². The molecule has 0 spiro atoms. The van der Waals surface area contributed by atoms with E-state index in [9.17, 15) is 17.6 Å². The lowest BCUT2D eigenvalue weighted by Gasteiger charge is -2.47. The number of methoxy groups -OCH3 is 1. The quantitative estimate of drug-likeness (QED) is 0.202. The Hall–Kier alpha value is -3.76. The monoisotopic (exact) mass is 634 g/mol. The minimum atomic E-state index is -4.21. The van der Waals surface area contributed by atoms with Crippen molar-refractivity contribution in [2.24, 2.45) is 17.8 Å². The summed E-state index contributed by atoms with van der Waals surface area (Å²) >= 11 is 1.17. The van der Waals surface area contributed by atoms with Gasteiger partial charge in [0, 0.05) is 17.0 Å². The van der Waals surface area contributed by atoms with Crippen LogP contribution in [0.5, 0.6) is 5.75 Å². The number of aromatic carboxylic acids is 1. The maximum absolute atomic E-state index is 14.3. The summed E-state index contributed by atoms with van der Waals surface area (Å²) in [5.74, 6) is -0.189. The van der Waals surface area contributed by atoms with Crippen LogP contribution in [-0.2, 0) is 15.4 Å². The van der Waals surface area contributed by atoms with Crippen molar-refractivity contribution in [3.8, 4) is 27.4 Å². The van der Waals surface area contributed by atoms with Gasteiger partial charge in [-0.15, -0.1) is 11.3 Å². The topological polar surface area (TPSA) is 106 Å². The Bertz CT molecular complexity index is 1780. The predicted octanol–water partition coefficient (Wildman–Crippen LogP) is 8.23. The molecule has 10 heteroatoms. The van der Waals surface area contributed by atoms with Crippen LogP contribution in [0.4, 0.5) is 10.1 Å². The average molecular weight is 635 g/mol. The molecule has 2 atom stereocenters. The largest absolute Gasteiger partial charge is 0.495 e. The van der Waals surface area contributed by atoms with E-state index in [2.05, 4.69) is 47.8 Å². The molecule has 44 heavy (non-hydrogen) atoms. The standard InChI is InChI=1S/C34H35FN2O5S2/c1-20-12-21-14-22(13-20)18-34(2,17-21)26-10-8-24(9-11-26)23-4-6-25(7-5-23)32-36-31(19-43-32)44(40,41)37-29-16-28(35)27(33(38)39)15-30(29)42-3/h4-11,15-16,19-22,37H,12-14,17-18H2,1-3H3,(H,38,39). The number of ether oxygens (including phenoxy) is 1. The fraction of sp³-hybridized carbons (Fsp3) is 0.353. The average Bonchev–Trinajstić information content (AvgIpc) is 3.48. The lowest BCUT2D eigenvalue weighted by Crippen LogP contribution is -2.38. The zero-order valence-electron chi connectivity index (χ0n) is 24.8. The number of nitrogens with zero attached hydrogens (tertiary/aromatic N) is 1. The van der Waals surface area contributed by atoms with Gasteiger partial charge >= 0.3 is 5.97 Å². The molecule has 2 N–H and O–H groups in total. The molecule has 1 heterocycles. The van der Waals surface area contributed by atoms with E-state index >= 15 is 0 Å². The molecule has 0 aliphatic heterocycles. The Morgan fingerprint density at radius 1 is 1.00 bits per heavy atom. The number of thiazole rings is 1. The predicted molar refractivity (Wildman–Crippen MR) is 170 cm³/mol. The third-order valence-electron chi connectivity index (χ3n) is 9.19. The number of hydrogen-bond donors (Lipinski definition) is 2. The first kappa shape index (κ1) is 30.3. The van der Waals surface area contributed by atoms with Crippen LogP contribution in [-0.4, -0.2) is 31.6 Å². The van der Waals surface area contributed by atoms with Crippen LogP contribution in [0.15, 0.2) is 71.1 Å². The molecule has 2 bridgehead atoms. The molecule has 0 saturated heterocycles. The third-order valence-corrected chi connectivity index (χ3v) is 11.5. The molecule has 2 unspecified atom stereocenters. The van der Waals surface area contributed by atoms with Gasteiger partial charge in [0.15, 0.2) is 5.03 Å². The van der Waals surface area contributed by atoms with Crippen molar-refractivity contribution in [1.82, 2.24) is 4.98 Å². The fourth-order valence-corrected chi connectivity index (χ4v) is 9.54. The lowest BCUT2D eigenvalue weighted by atomic mass is 9.57. The molecule has 2 fully saturated rings. The molecular weight excluding hydrogens is 600 g/mol. The van der Waals surface area contributed by atoms with Gasteiger partial charge in [-0.3, -0.25) is 4.72 Å². The molecule has 7 nitrogen and oxygen atoms in total. The zero-order valence-corrected chi connectivity index (χ0v) is 26.5. The number of sulfonamides is 1. The van der Waals surface area contributed by atoms with Crippen LogP contribution >= 0.6 is 11.3 Å². The van der Waals surface area contributed by atoms with Crippen molar-refractivity contribution in [3.63, 3.8) is 0 Å². The van der Waals surface area contributed by atoms with E-state index in [-0.39, 0.29) is 21.9 Å². The highest BCUT2D eigenvalue weighted by Crippen LogP contribution is 2.51. The third kappa shape index (κ3) is 5.97. The summed E-state index contributed by atoms with van der Waals surface area (Å²) in [7, 11) is -2.97. The second-order valence-electron chi connectivity index (χ2n) is 12.6. The molecule has 4 aromatic rings. The highest BCUT2D eigenvalue weighted by Gasteiger charge is 2.41. The maximum Gasteiger partial charge on any atom is 0.338 e. The number of rotatable bonds is 8. The molecule has 2 aliphatic carbocycles. The van der Waals surface area contributed by atoms with E-state index in [0.717, 1.165) is 46.6 Å². The summed E-state index contributed by atoms with van der Waals surface area (Å²) in [5, 5.41) is 10.8. The first-order valence-electron chi connectivity index (χ1n) is 14.7. The van der Waals surface area contributed by atoms with Gasteiger partial charge in [0.25, 0.3) is 10.0 Å². The molecule has 0 amide bonds. The van der Waals surface area contributed by atoms with Gasteiger partial charge in [-0.25, -0.2) is 14.2 Å². The van der Waals surface area contributed by atoms with Gasteiger partial charge < -0.3 is 9.84 Å². The second-order valence-corrected chi connectivity index (χ2v) is 15.1. The summed E-state index contributed by atoms with van der Waals surface area (Å²) in [6.07, 6.45) is 6.65. The number of carbonyl (C=O) groups is 1. The number of fused-ring (bicyclic) bond motifs is 2. The normalized spacial score (nSPS) is 23.2. The Labute approximate surface area is 261 Å². The molecule has 3 aromatic carbocycles. The Morgan fingerprint density at radius 3 is 2.18 bits per heavy atom. The number of carboxylic acid groups (broad SMARTS) is 1. The summed E-state index contributed by atoms with van der Waals surface area (Å²) in [5.41, 5.74) is 3.74. The van der Waals surface area contributed by atoms with Crippen molar-refractivity contribution in [2.75, 3.05) is 11.8 Å². The molecule has 1 aromatic heterocycles.